The molecular weight excluding hydrogens is 340 g/mol. The van der Waals surface area contributed by atoms with E-state index in [1.54, 1.807) is 27.7 Å². The van der Waals surface area contributed by atoms with E-state index in [9.17, 15) is 19.2 Å². The van der Waals surface area contributed by atoms with E-state index in [-0.39, 0.29) is 51.2 Å². The van der Waals surface area contributed by atoms with Crippen LogP contribution in [0.3, 0.4) is 0 Å². The number of carboxylic acids is 2. The van der Waals surface area contributed by atoms with Gasteiger partial charge < -0.3 is 24.9 Å². The molecule has 0 aromatic rings. The minimum Gasteiger partial charge on any atom is -0.503 e. The first-order valence-electron chi connectivity index (χ1n) is 6.80. The fraction of sp³-hybridized carbons (Fsp3) is 0.600. The second-order valence-electron chi connectivity index (χ2n) is 4.48. The molecule has 0 unspecified atom stereocenters. The van der Waals surface area contributed by atoms with E-state index < -0.39 is 11.9 Å². The molecule has 0 bridgehead atoms. The van der Waals surface area contributed by atoms with E-state index in [2.05, 4.69) is 0 Å². The maximum absolute atomic E-state index is 10.4. The Balaban J connectivity index is -0.000000124. The molecule has 0 radical (unpaired) electrons. The number of carbonyl (C=O) groups excluding carboxylic acids is 2. The van der Waals surface area contributed by atoms with Gasteiger partial charge in [-0.15, -0.1) is 0 Å². The van der Waals surface area contributed by atoms with E-state index in [1.807, 2.05) is 0 Å². The fourth-order valence-corrected chi connectivity index (χ4v) is 1.10. The third-order valence-electron chi connectivity index (χ3n) is 2.07. The van der Waals surface area contributed by atoms with E-state index in [4.69, 9.17) is 15.3 Å². The topological polar surface area (TPSA) is 129 Å². The molecule has 0 aliphatic carbocycles. The Hall–Kier alpha value is -1.31. The molecule has 8 heteroatoms. The summed E-state index contributed by atoms with van der Waals surface area (Å²) in [6, 6.07) is 0. The molecule has 132 valence electrons. The standard InChI is InChI=1S/2C6H9O3.C3H8O.Ti/c2*1-3-5(4(2)7)6(8)9;1-3(2)4;/h2*3H2,1-2H3,(H,8,9);3-4H,1-2H3;/q2*-1;;+2. The van der Waals surface area contributed by atoms with Crippen LogP contribution in [-0.2, 0) is 40.9 Å². The van der Waals surface area contributed by atoms with Gasteiger partial charge in [0.15, 0.2) is 11.9 Å². The Morgan fingerprint density at radius 3 is 1.00 bits per heavy atom. The van der Waals surface area contributed by atoms with Crippen molar-refractivity contribution in [3.8, 4) is 0 Å². The second kappa shape index (κ2) is 17.1. The van der Waals surface area contributed by atoms with Crippen molar-refractivity contribution >= 4 is 23.5 Å². The van der Waals surface area contributed by atoms with Crippen LogP contribution in [-0.4, -0.2) is 44.9 Å². The molecule has 0 saturated heterocycles. The van der Waals surface area contributed by atoms with Gasteiger partial charge in [-0.3, -0.25) is 9.59 Å². The van der Waals surface area contributed by atoms with Gasteiger partial charge in [-0.25, -0.2) is 11.8 Å². The van der Waals surface area contributed by atoms with Crippen LogP contribution < -0.4 is 0 Å². The predicted octanol–water partition coefficient (Wildman–Crippen LogP) is 1.67. The molecule has 0 amide bonds. The van der Waals surface area contributed by atoms with Crippen molar-refractivity contribution in [1.82, 2.24) is 0 Å². The van der Waals surface area contributed by atoms with Gasteiger partial charge >= 0.3 is 21.7 Å². The summed E-state index contributed by atoms with van der Waals surface area (Å²) in [7, 11) is 0. The quantitative estimate of drug-likeness (QED) is 0.370. The summed E-state index contributed by atoms with van der Waals surface area (Å²) >= 11 is 0. The van der Waals surface area contributed by atoms with Crippen LogP contribution in [0.2, 0.25) is 0 Å². The second-order valence-corrected chi connectivity index (χ2v) is 4.48. The van der Waals surface area contributed by atoms with Gasteiger partial charge in [-0.05, 0) is 27.7 Å². The van der Waals surface area contributed by atoms with Crippen molar-refractivity contribution in [3.05, 3.63) is 11.8 Å². The Labute approximate surface area is 152 Å². The van der Waals surface area contributed by atoms with Gasteiger partial charge in [-0.1, -0.05) is 13.8 Å². The number of rotatable bonds is 6. The maximum Gasteiger partial charge on any atom is 2.00 e. The van der Waals surface area contributed by atoms with Gasteiger partial charge in [-0.2, -0.15) is 12.8 Å². The largest absolute Gasteiger partial charge is 2.00 e. The zero-order valence-electron chi connectivity index (χ0n) is 14.5. The van der Waals surface area contributed by atoms with Crippen LogP contribution in [0.25, 0.3) is 0 Å². The van der Waals surface area contributed by atoms with Crippen LogP contribution in [0.15, 0.2) is 0 Å². The summed E-state index contributed by atoms with van der Waals surface area (Å²) in [4.78, 5) is 41.0. The molecule has 0 aromatic heterocycles. The van der Waals surface area contributed by atoms with Crippen LogP contribution in [0.5, 0.6) is 0 Å². The Kier molecular flexibility index (Phi) is 22.0. The zero-order chi connectivity index (χ0) is 18.5. The number of carbonyl (C=O) groups is 4. The monoisotopic (exact) mass is 366 g/mol. The molecule has 0 fully saturated rings. The Morgan fingerprint density at radius 1 is 0.826 bits per heavy atom. The SMILES string of the molecule is CC(C)O.CC[C-](C(C)=O)C(=O)O.CC[C-](C(C)=O)C(=O)O.[Ti+2]. The summed E-state index contributed by atoms with van der Waals surface area (Å²) in [5.74, 6) is -2.99. The number of aliphatic hydroxyl groups excluding tert-OH is 1. The van der Waals surface area contributed by atoms with Crippen molar-refractivity contribution in [2.24, 2.45) is 0 Å². The summed E-state index contributed by atoms with van der Waals surface area (Å²) < 4.78 is 0. The van der Waals surface area contributed by atoms with E-state index in [0.717, 1.165) is 0 Å². The number of ketones is 2. The van der Waals surface area contributed by atoms with Crippen molar-refractivity contribution in [3.63, 3.8) is 0 Å². The average molecular weight is 366 g/mol. The third kappa shape index (κ3) is 20.7. The van der Waals surface area contributed by atoms with Gasteiger partial charge in [0.25, 0.3) is 0 Å². The molecule has 0 heterocycles. The van der Waals surface area contributed by atoms with E-state index in [1.165, 1.54) is 13.8 Å². The predicted molar refractivity (Wildman–Crippen MR) is 81.1 cm³/mol. The van der Waals surface area contributed by atoms with Gasteiger partial charge in [0.2, 0.25) is 0 Å². The normalized spacial score (nSPS) is 8.35. The molecule has 3 N–H and O–H groups in total. The van der Waals surface area contributed by atoms with Crippen LogP contribution >= 0.6 is 0 Å². The molecule has 0 saturated carbocycles. The summed E-state index contributed by atoms with van der Waals surface area (Å²) in [5, 5.41) is 24.6. The smallest absolute Gasteiger partial charge is 0.503 e. The number of carboxylic acid groups (broad SMARTS) is 2. The fourth-order valence-electron chi connectivity index (χ4n) is 1.10. The van der Waals surface area contributed by atoms with Crippen molar-refractivity contribution in [1.29, 1.82) is 0 Å². The minimum atomic E-state index is -1.11. The molecule has 0 rings (SSSR count). The maximum atomic E-state index is 10.4. The summed E-state index contributed by atoms with van der Waals surface area (Å²) in [6.07, 6.45) is 0.426. The van der Waals surface area contributed by atoms with Crippen molar-refractivity contribution < 1.29 is 56.2 Å². The zero-order valence-corrected chi connectivity index (χ0v) is 16.0. The van der Waals surface area contributed by atoms with Gasteiger partial charge in [0.05, 0.1) is 0 Å². The third-order valence-corrected chi connectivity index (χ3v) is 2.07. The molecule has 0 aromatic carbocycles. The molecule has 0 spiro atoms. The first-order valence-corrected chi connectivity index (χ1v) is 6.80. The molecule has 23 heavy (non-hydrogen) atoms. The van der Waals surface area contributed by atoms with Gasteiger partial charge in [0, 0.05) is 17.7 Å². The first kappa shape index (κ1) is 29.7. The van der Waals surface area contributed by atoms with E-state index >= 15 is 0 Å². The first-order chi connectivity index (χ1) is 9.91. The van der Waals surface area contributed by atoms with E-state index in [0.29, 0.717) is 12.8 Å². The number of hydrogen-bond donors (Lipinski definition) is 3. The van der Waals surface area contributed by atoms with Crippen molar-refractivity contribution in [2.75, 3.05) is 0 Å². The Morgan fingerprint density at radius 2 is 1.00 bits per heavy atom. The average Bonchev–Trinajstić information content (AvgIpc) is 2.28. The number of Topliss-reactive ketones (excluding diaryl/α,β-unsaturated/α-hetero) is 2. The van der Waals surface area contributed by atoms with Crippen LogP contribution in [0.4, 0.5) is 0 Å². The molecule has 0 aliphatic heterocycles. The van der Waals surface area contributed by atoms with Gasteiger partial charge in [0.1, 0.15) is 0 Å². The number of aliphatic hydroxyl groups is 1. The minimum absolute atomic E-state index is 0. The number of hydrogen-bond acceptors (Lipinski definition) is 5. The molecule has 0 aliphatic rings. The number of aliphatic carboxylic acids is 2. The Bertz CT molecular complexity index is 304. The molecule has 0 atom stereocenters. The molecular formula is C15H26O7Ti. The van der Waals surface area contributed by atoms with Crippen molar-refractivity contribution in [2.45, 2.75) is 60.5 Å². The van der Waals surface area contributed by atoms with Crippen LogP contribution in [0.1, 0.15) is 54.4 Å². The summed E-state index contributed by atoms with van der Waals surface area (Å²) in [6.45, 7) is 9.25. The van der Waals surface area contributed by atoms with Crippen LogP contribution in [0, 0.1) is 11.8 Å². The molecule has 7 nitrogen and oxygen atoms in total. The summed E-state index contributed by atoms with van der Waals surface area (Å²) in [5.41, 5.74) is 0.